The monoisotopic (exact) mass is 236 g/mol. The Hall–Kier alpha value is -1.09. The van der Waals surface area contributed by atoms with Gasteiger partial charge in [-0.25, -0.2) is 0 Å². The lowest BCUT2D eigenvalue weighted by Crippen LogP contribution is -2.44. The van der Waals surface area contributed by atoms with Crippen molar-refractivity contribution in [3.63, 3.8) is 0 Å². The molecular formula is C14H20O3. The highest BCUT2D eigenvalue weighted by molar-refractivity contribution is 5.88. The molecular weight excluding hydrogens is 216 g/mol. The van der Waals surface area contributed by atoms with Gasteiger partial charge in [-0.15, -0.1) is 0 Å². The number of furan rings is 1. The Morgan fingerprint density at radius 3 is 2.76 bits per heavy atom. The maximum Gasteiger partial charge on any atom is 0.172 e. The first-order valence-corrected chi connectivity index (χ1v) is 6.46. The molecule has 2 rings (SSSR count). The van der Waals surface area contributed by atoms with E-state index in [0.29, 0.717) is 13.0 Å². The Bertz CT molecular complexity index is 342. The summed E-state index contributed by atoms with van der Waals surface area (Å²) in [4.78, 5) is 12.4. The molecule has 1 fully saturated rings. The number of hydrogen-bond acceptors (Lipinski definition) is 3. The van der Waals surface area contributed by atoms with Crippen LogP contribution in [0.5, 0.6) is 0 Å². The van der Waals surface area contributed by atoms with Gasteiger partial charge in [0.2, 0.25) is 0 Å². The topological polar surface area (TPSA) is 39.4 Å². The second kappa shape index (κ2) is 5.50. The van der Waals surface area contributed by atoms with E-state index in [1.807, 2.05) is 19.1 Å². The first kappa shape index (κ1) is 12.4. The minimum absolute atomic E-state index is 0.175. The van der Waals surface area contributed by atoms with Crippen LogP contribution in [0, 0.1) is 0 Å². The van der Waals surface area contributed by atoms with E-state index in [4.69, 9.17) is 9.15 Å². The summed E-state index contributed by atoms with van der Waals surface area (Å²) in [7, 11) is 0. The second-order valence-electron chi connectivity index (χ2n) is 4.67. The van der Waals surface area contributed by atoms with Crippen LogP contribution in [-0.2, 0) is 16.0 Å². The van der Waals surface area contributed by atoms with E-state index >= 15 is 0 Å². The van der Waals surface area contributed by atoms with Crippen molar-refractivity contribution < 1.29 is 13.9 Å². The Labute approximate surface area is 102 Å². The minimum atomic E-state index is -0.542. The third-order valence-corrected chi connectivity index (χ3v) is 3.50. The third-order valence-electron chi connectivity index (χ3n) is 3.50. The molecule has 0 saturated heterocycles. The van der Waals surface area contributed by atoms with Gasteiger partial charge in [-0.2, -0.15) is 0 Å². The molecule has 0 spiro atoms. The number of rotatable bonds is 5. The molecule has 1 aliphatic rings. The molecule has 3 nitrogen and oxygen atoms in total. The zero-order valence-corrected chi connectivity index (χ0v) is 10.4. The highest BCUT2D eigenvalue weighted by atomic mass is 16.5. The zero-order valence-electron chi connectivity index (χ0n) is 10.4. The standard InChI is InChI=1S/C14H20O3/c1-2-17-14(8-4-3-5-9-14)13(15)11-12-7-6-10-16-12/h6-7,10H,2-5,8-9,11H2,1H3. The summed E-state index contributed by atoms with van der Waals surface area (Å²) in [5.41, 5.74) is -0.542. The quantitative estimate of drug-likeness (QED) is 0.788. The van der Waals surface area contributed by atoms with Crippen molar-refractivity contribution in [1.29, 1.82) is 0 Å². The summed E-state index contributed by atoms with van der Waals surface area (Å²) in [5, 5.41) is 0. The molecule has 0 aliphatic heterocycles. The third kappa shape index (κ3) is 2.78. The average molecular weight is 236 g/mol. The first-order chi connectivity index (χ1) is 8.27. The summed E-state index contributed by atoms with van der Waals surface area (Å²) in [6.45, 7) is 2.56. The molecule has 1 saturated carbocycles. The SMILES string of the molecule is CCOC1(C(=O)Cc2ccco2)CCCCC1. The zero-order chi connectivity index (χ0) is 12.1. The van der Waals surface area contributed by atoms with Crippen LogP contribution in [0.3, 0.4) is 0 Å². The van der Waals surface area contributed by atoms with E-state index < -0.39 is 5.60 Å². The van der Waals surface area contributed by atoms with Gasteiger partial charge in [0, 0.05) is 6.61 Å². The molecule has 3 heteroatoms. The van der Waals surface area contributed by atoms with Crippen LogP contribution in [-0.4, -0.2) is 18.0 Å². The molecule has 0 radical (unpaired) electrons. The number of carbonyl (C=O) groups is 1. The normalized spacial score (nSPS) is 19.1. The van der Waals surface area contributed by atoms with E-state index in [0.717, 1.165) is 31.4 Å². The predicted octanol–water partition coefficient (Wildman–Crippen LogP) is 3.13. The minimum Gasteiger partial charge on any atom is -0.469 e. The summed E-state index contributed by atoms with van der Waals surface area (Å²) in [5.74, 6) is 0.911. The van der Waals surface area contributed by atoms with Crippen molar-refractivity contribution in [2.75, 3.05) is 6.61 Å². The Balaban J connectivity index is 2.06. The van der Waals surface area contributed by atoms with Crippen LogP contribution >= 0.6 is 0 Å². The van der Waals surface area contributed by atoms with Gasteiger partial charge in [0.25, 0.3) is 0 Å². The van der Waals surface area contributed by atoms with Gasteiger partial charge < -0.3 is 9.15 Å². The van der Waals surface area contributed by atoms with Crippen LogP contribution < -0.4 is 0 Å². The number of ether oxygens (including phenoxy) is 1. The van der Waals surface area contributed by atoms with Crippen molar-refractivity contribution in [3.8, 4) is 0 Å². The molecule has 0 N–H and O–H groups in total. The van der Waals surface area contributed by atoms with Crippen LogP contribution in [0.1, 0.15) is 44.8 Å². The highest BCUT2D eigenvalue weighted by Gasteiger charge is 2.39. The highest BCUT2D eigenvalue weighted by Crippen LogP contribution is 2.33. The van der Waals surface area contributed by atoms with E-state index in [1.165, 1.54) is 6.42 Å². The maximum atomic E-state index is 12.4. The molecule has 1 aromatic heterocycles. The van der Waals surface area contributed by atoms with Gasteiger partial charge in [-0.3, -0.25) is 4.79 Å². The summed E-state index contributed by atoms with van der Waals surface area (Å²) >= 11 is 0. The van der Waals surface area contributed by atoms with Crippen LogP contribution in [0.2, 0.25) is 0 Å². The molecule has 1 aromatic rings. The number of Topliss-reactive ketones (excluding diaryl/α,β-unsaturated/α-hetero) is 1. The molecule has 0 unspecified atom stereocenters. The van der Waals surface area contributed by atoms with Crippen molar-refractivity contribution in [2.45, 2.75) is 51.0 Å². The van der Waals surface area contributed by atoms with E-state index in [2.05, 4.69) is 0 Å². The molecule has 1 aliphatic carbocycles. The lowest BCUT2D eigenvalue weighted by atomic mass is 9.80. The fraction of sp³-hybridized carbons (Fsp3) is 0.643. The van der Waals surface area contributed by atoms with Gasteiger partial charge in [0.1, 0.15) is 11.4 Å². The predicted molar refractivity (Wildman–Crippen MR) is 64.9 cm³/mol. The van der Waals surface area contributed by atoms with Crippen LogP contribution in [0.15, 0.2) is 22.8 Å². The van der Waals surface area contributed by atoms with Gasteiger partial charge in [0.05, 0.1) is 12.7 Å². The maximum absolute atomic E-state index is 12.4. The Morgan fingerprint density at radius 2 is 2.18 bits per heavy atom. The summed E-state index contributed by atoms with van der Waals surface area (Å²) < 4.78 is 11.0. The molecule has 0 aromatic carbocycles. The molecule has 0 bridgehead atoms. The lowest BCUT2D eigenvalue weighted by Gasteiger charge is -2.35. The molecule has 0 atom stereocenters. The summed E-state index contributed by atoms with van der Waals surface area (Å²) in [6, 6.07) is 3.66. The fourth-order valence-corrected chi connectivity index (χ4v) is 2.64. The Kier molecular flexibility index (Phi) is 4.00. The van der Waals surface area contributed by atoms with Crippen molar-refractivity contribution in [3.05, 3.63) is 24.2 Å². The van der Waals surface area contributed by atoms with Crippen molar-refractivity contribution in [1.82, 2.24) is 0 Å². The smallest absolute Gasteiger partial charge is 0.172 e. The van der Waals surface area contributed by atoms with Gasteiger partial charge in [0.15, 0.2) is 5.78 Å². The van der Waals surface area contributed by atoms with Crippen LogP contribution in [0.4, 0.5) is 0 Å². The number of ketones is 1. The van der Waals surface area contributed by atoms with E-state index in [9.17, 15) is 4.79 Å². The fourth-order valence-electron chi connectivity index (χ4n) is 2.64. The van der Waals surface area contributed by atoms with Gasteiger partial charge in [-0.1, -0.05) is 19.3 Å². The molecule has 94 valence electrons. The first-order valence-electron chi connectivity index (χ1n) is 6.46. The van der Waals surface area contributed by atoms with Crippen molar-refractivity contribution >= 4 is 5.78 Å². The molecule has 17 heavy (non-hydrogen) atoms. The van der Waals surface area contributed by atoms with Crippen LogP contribution in [0.25, 0.3) is 0 Å². The Morgan fingerprint density at radius 1 is 1.41 bits per heavy atom. The second-order valence-corrected chi connectivity index (χ2v) is 4.67. The van der Waals surface area contributed by atoms with E-state index in [-0.39, 0.29) is 5.78 Å². The molecule has 0 amide bonds. The average Bonchev–Trinajstić information content (AvgIpc) is 2.83. The van der Waals surface area contributed by atoms with Gasteiger partial charge in [-0.05, 0) is 31.9 Å². The number of hydrogen-bond donors (Lipinski definition) is 0. The van der Waals surface area contributed by atoms with Crippen molar-refractivity contribution in [2.24, 2.45) is 0 Å². The molecule has 1 heterocycles. The largest absolute Gasteiger partial charge is 0.469 e. The summed E-state index contributed by atoms with van der Waals surface area (Å²) in [6.07, 6.45) is 7.07. The number of carbonyl (C=O) groups excluding carboxylic acids is 1. The lowest BCUT2D eigenvalue weighted by molar-refractivity contribution is -0.148. The van der Waals surface area contributed by atoms with Gasteiger partial charge >= 0.3 is 0 Å². The van der Waals surface area contributed by atoms with E-state index in [1.54, 1.807) is 6.26 Å².